The molecule has 122 valence electrons. The zero-order valence-corrected chi connectivity index (χ0v) is 14.6. The number of likely N-dealkylation sites (N-methyl/N-ethyl adjacent to an activating group) is 1. The standard InChI is InChI=1S/C15H28NO4P/c1-11(2)18-21(17,19-12(3)4)20-14-7-6-13-8-9-16(5)15(13)10-14/h10-13,15H,6-9H2,1-5H3. The predicted octanol–water partition coefficient (Wildman–Crippen LogP) is 3.96. The van der Waals surface area contributed by atoms with E-state index in [1.807, 2.05) is 27.7 Å². The van der Waals surface area contributed by atoms with E-state index in [2.05, 4.69) is 18.0 Å². The van der Waals surface area contributed by atoms with Crippen LogP contribution in [0.25, 0.3) is 0 Å². The van der Waals surface area contributed by atoms with Crippen LogP contribution in [-0.4, -0.2) is 36.7 Å². The number of fused-ring (bicyclic) bond motifs is 1. The van der Waals surface area contributed by atoms with Gasteiger partial charge in [0.25, 0.3) is 0 Å². The Hall–Kier alpha value is -0.350. The minimum absolute atomic E-state index is 0.208. The first-order valence-corrected chi connectivity index (χ1v) is 9.32. The molecule has 0 spiro atoms. The minimum Gasteiger partial charge on any atom is -0.409 e. The lowest BCUT2D eigenvalue weighted by molar-refractivity contribution is 0.0842. The van der Waals surface area contributed by atoms with Gasteiger partial charge in [-0.05, 0) is 66.1 Å². The molecule has 0 aromatic heterocycles. The Morgan fingerprint density at radius 2 is 1.81 bits per heavy atom. The lowest BCUT2D eigenvalue weighted by atomic mass is 9.89. The summed E-state index contributed by atoms with van der Waals surface area (Å²) >= 11 is 0. The molecule has 0 N–H and O–H groups in total. The summed E-state index contributed by atoms with van der Waals surface area (Å²) in [6.45, 7) is 8.43. The highest BCUT2D eigenvalue weighted by molar-refractivity contribution is 7.48. The van der Waals surface area contributed by atoms with E-state index in [0.29, 0.717) is 12.0 Å². The van der Waals surface area contributed by atoms with Crippen LogP contribution in [0.1, 0.15) is 47.0 Å². The molecule has 0 radical (unpaired) electrons. The van der Waals surface area contributed by atoms with Crippen molar-refractivity contribution in [2.75, 3.05) is 13.6 Å². The Morgan fingerprint density at radius 3 is 2.38 bits per heavy atom. The molecule has 0 bridgehead atoms. The maximum atomic E-state index is 12.8. The van der Waals surface area contributed by atoms with Gasteiger partial charge in [0.15, 0.2) is 0 Å². The van der Waals surface area contributed by atoms with Crippen LogP contribution in [0.2, 0.25) is 0 Å². The molecule has 1 heterocycles. The van der Waals surface area contributed by atoms with Gasteiger partial charge in [0, 0.05) is 12.5 Å². The molecule has 0 aromatic carbocycles. The Kier molecular flexibility index (Phi) is 5.53. The zero-order chi connectivity index (χ0) is 15.6. The van der Waals surface area contributed by atoms with Crippen molar-refractivity contribution in [1.82, 2.24) is 4.90 Å². The van der Waals surface area contributed by atoms with E-state index in [-0.39, 0.29) is 12.2 Å². The van der Waals surface area contributed by atoms with Gasteiger partial charge in [-0.15, -0.1) is 0 Å². The van der Waals surface area contributed by atoms with Crippen LogP contribution < -0.4 is 0 Å². The zero-order valence-electron chi connectivity index (χ0n) is 13.7. The summed E-state index contributed by atoms with van der Waals surface area (Å²) in [6.07, 6.45) is 4.79. The van der Waals surface area contributed by atoms with E-state index >= 15 is 0 Å². The number of likely N-dealkylation sites (tertiary alicyclic amines) is 1. The van der Waals surface area contributed by atoms with E-state index in [1.54, 1.807) is 0 Å². The van der Waals surface area contributed by atoms with Crippen molar-refractivity contribution >= 4 is 7.82 Å². The van der Waals surface area contributed by atoms with Crippen molar-refractivity contribution in [3.8, 4) is 0 Å². The molecular weight excluding hydrogens is 289 g/mol. The number of rotatable bonds is 6. The maximum absolute atomic E-state index is 12.8. The average Bonchev–Trinajstić information content (AvgIpc) is 2.68. The van der Waals surface area contributed by atoms with Gasteiger partial charge in [0.1, 0.15) is 5.76 Å². The third-order valence-electron chi connectivity index (χ3n) is 3.87. The Labute approximate surface area is 128 Å². The SMILES string of the molecule is CC(C)OP(=O)(OC1=CC2C(CC1)CCN2C)OC(C)C. The van der Waals surface area contributed by atoms with E-state index < -0.39 is 7.82 Å². The molecule has 21 heavy (non-hydrogen) atoms. The first-order valence-electron chi connectivity index (χ1n) is 7.86. The quantitative estimate of drug-likeness (QED) is 0.694. The Balaban J connectivity index is 2.09. The van der Waals surface area contributed by atoms with Crippen molar-refractivity contribution in [3.63, 3.8) is 0 Å². The largest absolute Gasteiger partial charge is 0.530 e. The fourth-order valence-electron chi connectivity index (χ4n) is 3.03. The van der Waals surface area contributed by atoms with Crippen LogP contribution in [0.5, 0.6) is 0 Å². The van der Waals surface area contributed by atoms with E-state index in [9.17, 15) is 4.57 Å². The Bertz CT molecular complexity index is 421. The molecule has 1 saturated heterocycles. The van der Waals surface area contributed by atoms with Crippen molar-refractivity contribution in [2.24, 2.45) is 5.92 Å². The number of phosphoric ester groups is 1. The summed E-state index contributed by atoms with van der Waals surface area (Å²) in [7, 11) is -1.42. The summed E-state index contributed by atoms with van der Waals surface area (Å²) in [6, 6.07) is 0.389. The summed E-state index contributed by atoms with van der Waals surface area (Å²) in [5.74, 6) is 1.44. The molecule has 1 aliphatic carbocycles. The highest BCUT2D eigenvalue weighted by atomic mass is 31.2. The van der Waals surface area contributed by atoms with Crippen molar-refractivity contribution < 1.29 is 18.1 Å². The van der Waals surface area contributed by atoms with E-state index in [0.717, 1.165) is 25.1 Å². The second-order valence-corrected chi connectivity index (χ2v) is 8.04. The topological polar surface area (TPSA) is 48.0 Å². The van der Waals surface area contributed by atoms with Gasteiger partial charge in [-0.2, -0.15) is 0 Å². The van der Waals surface area contributed by atoms with Crippen molar-refractivity contribution in [1.29, 1.82) is 0 Å². The molecule has 0 saturated carbocycles. The Morgan fingerprint density at radius 1 is 1.19 bits per heavy atom. The van der Waals surface area contributed by atoms with E-state index in [4.69, 9.17) is 13.6 Å². The lowest BCUT2D eigenvalue weighted by Crippen LogP contribution is -2.30. The molecule has 6 heteroatoms. The molecule has 2 aliphatic rings. The van der Waals surface area contributed by atoms with Gasteiger partial charge >= 0.3 is 7.82 Å². The van der Waals surface area contributed by atoms with Crippen LogP contribution in [-0.2, 0) is 18.1 Å². The normalized spacial score (nSPS) is 27.1. The number of hydrogen-bond acceptors (Lipinski definition) is 5. The highest BCUT2D eigenvalue weighted by Gasteiger charge is 2.37. The fourth-order valence-corrected chi connectivity index (χ4v) is 4.64. The molecule has 1 aliphatic heterocycles. The van der Waals surface area contributed by atoms with Crippen LogP contribution in [0.15, 0.2) is 11.8 Å². The van der Waals surface area contributed by atoms with Crippen LogP contribution >= 0.6 is 7.82 Å². The van der Waals surface area contributed by atoms with Crippen LogP contribution in [0.4, 0.5) is 0 Å². The predicted molar refractivity (Wildman–Crippen MR) is 83.0 cm³/mol. The van der Waals surface area contributed by atoms with Gasteiger partial charge in [-0.3, -0.25) is 13.9 Å². The molecule has 0 amide bonds. The number of hydrogen-bond donors (Lipinski definition) is 0. The fraction of sp³-hybridized carbons (Fsp3) is 0.867. The van der Waals surface area contributed by atoms with Gasteiger partial charge in [0.2, 0.25) is 0 Å². The molecule has 2 rings (SSSR count). The van der Waals surface area contributed by atoms with Gasteiger partial charge in [-0.1, -0.05) is 0 Å². The summed E-state index contributed by atoms with van der Waals surface area (Å²) in [5.41, 5.74) is 0. The monoisotopic (exact) mass is 317 g/mol. The third-order valence-corrected chi connectivity index (χ3v) is 5.69. The smallest absolute Gasteiger partial charge is 0.409 e. The van der Waals surface area contributed by atoms with Crippen molar-refractivity contribution in [3.05, 3.63) is 11.8 Å². The summed E-state index contributed by atoms with van der Waals surface area (Å²) < 4.78 is 29.3. The minimum atomic E-state index is -3.54. The van der Waals surface area contributed by atoms with Gasteiger partial charge in [0.05, 0.1) is 12.2 Å². The second-order valence-electron chi connectivity index (χ2n) is 6.54. The third kappa shape index (κ3) is 4.56. The molecule has 5 nitrogen and oxygen atoms in total. The number of nitrogens with zero attached hydrogens (tertiary/aromatic N) is 1. The first kappa shape index (κ1) is 17.0. The summed E-state index contributed by atoms with van der Waals surface area (Å²) in [5, 5.41) is 0. The van der Waals surface area contributed by atoms with Gasteiger partial charge < -0.3 is 4.52 Å². The maximum Gasteiger partial charge on any atom is 0.530 e. The lowest BCUT2D eigenvalue weighted by Gasteiger charge is -2.30. The summed E-state index contributed by atoms with van der Waals surface area (Å²) in [4.78, 5) is 2.32. The second kappa shape index (κ2) is 6.82. The first-order chi connectivity index (χ1) is 9.79. The molecule has 2 unspecified atom stereocenters. The molecular formula is C15H28NO4P. The highest BCUT2D eigenvalue weighted by Crippen LogP contribution is 2.54. The van der Waals surface area contributed by atoms with Crippen LogP contribution in [0.3, 0.4) is 0 Å². The number of phosphoric acid groups is 1. The molecule has 1 fully saturated rings. The van der Waals surface area contributed by atoms with Crippen LogP contribution in [0, 0.1) is 5.92 Å². The van der Waals surface area contributed by atoms with E-state index in [1.165, 1.54) is 6.42 Å². The van der Waals surface area contributed by atoms with Gasteiger partial charge in [-0.25, -0.2) is 4.57 Å². The average molecular weight is 317 g/mol. The molecule has 2 atom stereocenters. The van der Waals surface area contributed by atoms with Crippen molar-refractivity contribution in [2.45, 2.75) is 65.2 Å². The number of allylic oxidation sites excluding steroid dienone is 1. The molecule has 0 aromatic rings.